The number of piperazine rings is 2. The number of hydrogen-bond acceptors (Lipinski definition) is 8. The van der Waals surface area contributed by atoms with Gasteiger partial charge in [0.25, 0.3) is 0 Å². The number of nitrogens with zero attached hydrogens (tertiary/aromatic N) is 6. The molecule has 0 aliphatic carbocycles. The van der Waals surface area contributed by atoms with E-state index in [1.807, 2.05) is 43.3 Å². The van der Waals surface area contributed by atoms with Gasteiger partial charge in [0, 0.05) is 64.1 Å². The number of aryl methyl sites for hydroxylation is 1. The lowest BCUT2D eigenvalue weighted by Crippen LogP contribution is -2.50. The Labute approximate surface area is 190 Å². The Morgan fingerprint density at radius 1 is 0.906 bits per heavy atom. The van der Waals surface area contributed by atoms with Crippen molar-refractivity contribution < 1.29 is 13.2 Å². The highest BCUT2D eigenvalue weighted by Gasteiger charge is 2.28. The molecule has 32 heavy (non-hydrogen) atoms. The molecular formula is C22H32N6O3S. The maximum atomic E-state index is 12.7. The molecule has 2 aliphatic heterocycles. The zero-order valence-corrected chi connectivity index (χ0v) is 19.7. The summed E-state index contributed by atoms with van der Waals surface area (Å²) in [6, 6.07) is 11.3. The largest absolute Gasteiger partial charge is 0.492 e. The van der Waals surface area contributed by atoms with Gasteiger partial charge in [0.1, 0.15) is 18.2 Å². The monoisotopic (exact) mass is 460 g/mol. The molecular weight excluding hydrogens is 428 g/mol. The standard InChI is InChI=1S/C22H32N6O3S/c1-19-18-21(26-10-8-25(2)9-11-26)24-22(23-19)27-12-14-28(15-13-27)32(29,30)17-16-31-20-6-4-3-5-7-20/h3-7,18H,8-17H2,1-2H3. The Bertz CT molecular complexity index is 988. The summed E-state index contributed by atoms with van der Waals surface area (Å²) in [5.74, 6) is 2.29. The van der Waals surface area contributed by atoms with Crippen molar-refractivity contribution in [3.63, 3.8) is 0 Å². The second kappa shape index (κ2) is 10.0. The van der Waals surface area contributed by atoms with Crippen LogP contribution in [0.4, 0.5) is 11.8 Å². The molecule has 2 aliphatic rings. The number of hydrogen-bond donors (Lipinski definition) is 0. The van der Waals surface area contributed by atoms with Gasteiger partial charge in [0.15, 0.2) is 0 Å². The highest BCUT2D eigenvalue weighted by Crippen LogP contribution is 2.20. The molecule has 0 amide bonds. The van der Waals surface area contributed by atoms with E-state index in [-0.39, 0.29) is 12.4 Å². The van der Waals surface area contributed by atoms with Crippen LogP contribution < -0.4 is 14.5 Å². The zero-order valence-electron chi connectivity index (χ0n) is 18.9. The van der Waals surface area contributed by atoms with E-state index < -0.39 is 10.0 Å². The van der Waals surface area contributed by atoms with Gasteiger partial charge in [-0.2, -0.15) is 9.29 Å². The smallest absolute Gasteiger partial charge is 0.227 e. The molecule has 174 valence electrons. The van der Waals surface area contributed by atoms with Crippen LogP contribution in [0, 0.1) is 6.92 Å². The van der Waals surface area contributed by atoms with E-state index in [0.717, 1.165) is 37.7 Å². The molecule has 2 fully saturated rings. The van der Waals surface area contributed by atoms with Gasteiger partial charge in [-0.1, -0.05) is 18.2 Å². The summed E-state index contributed by atoms with van der Waals surface area (Å²) in [5.41, 5.74) is 0.928. The highest BCUT2D eigenvalue weighted by molar-refractivity contribution is 7.89. The van der Waals surface area contributed by atoms with Crippen LogP contribution in [-0.2, 0) is 10.0 Å². The predicted octanol–water partition coefficient (Wildman–Crippen LogP) is 1.07. The third kappa shape index (κ3) is 5.67. The summed E-state index contributed by atoms with van der Waals surface area (Å²) in [6.45, 7) is 8.05. The summed E-state index contributed by atoms with van der Waals surface area (Å²) in [4.78, 5) is 16.1. The van der Waals surface area contributed by atoms with Crippen molar-refractivity contribution >= 4 is 21.8 Å². The zero-order chi connectivity index (χ0) is 22.6. The fourth-order valence-electron chi connectivity index (χ4n) is 3.95. The van der Waals surface area contributed by atoms with Crippen LogP contribution >= 0.6 is 0 Å². The topological polar surface area (TPSA) is 82.1 Å². The van der Waals surface area contributed by atoms with Crippen molar-refractivity contribution in [3.8, 4) is 5.75 Å². The van der Waals surface area contributed by atoms with Crippen molar-refractivity contribution in [1.82, 2.24) is 19.2 Å². The van der Waals surface area contributed by atoms with Gasteiger partial charge in [-0.25, -0.2) is 13.4 Å². The maximum absolute atomic E-state index is 12.7. The molecule has 0 radical (unpaired) electrons. The summed E-state index contributed by atoms with van der Waals surface area (Å²) < 4.78 is 32.6. The lowest BCUT2D eigenvalue weighted by Gasteiger charge is -2.36. The molecule has 3 heterocycles. The summed E-state index contributed by atoms with van der Waals surface area (Å²) in [5, 5.41) is 0. The number of anilines is 2. The molecule has 9 nitrogen and oxygen atoms in total. The second-order valence-corrected chi connectivity index (χ2v) is 10.4. The van der Waals surface area contributed by atoms with Crippen LogP contribution in [0.2, 0.25) is 0 Å². The number of ether oxygens (including phenoxy) is 1. The highest BCUT2D eigenvalue weighted by atomic mass is 32.2. The van der Waals surface area contributed by atoms with Crippen molar-refractivity contribution in [3.05, 3.63) is 42.1 Å². The Morgan fingerprint density at radius 2 is 1.56 bits per heavy atom. The van der Waals surface area contributed by atoms with Gasteiger partial charge >= 0.3 is 0 Å². The third-order valence-electron chi connectivity index (χ3n) is 5.92. The Morgan fingerprint density at radius 3 is 2.25 bits per heavy atom. The fraction of sp³-hybridized carbons (Fsp3) is 0.545. The predicted molar refractivity (Wildman–Crippen MR) is 126 cm³/mol. The van der Waals surface area contributed by atoms with Gasteiger partial charge in [0.05, 0.1) is 5.75 Å². The molecule has 2 saturated heterocycles. The summed E-state index contributed by atoms with van der Waals surface area (Å²) in [7, 11) is -1.24. The fourth-order valence-corrected chi connectivity index (χ4v) is 5.22. The molecule has 0 atom stereocenters. The molecule has 0 N–H and O–H groups in total. The number of likely N-dealkylation sites (N-methyl/N-ethyl adjacent to an activating group) is 1. The van der Waals surface area contributed by atoms with Crippen LogP contribution in [-0.4, -0.2) is 99.4 Å². The SMILES string of the molecule is Cc1cc(N2CCN(C)CC2)nc(N2CCN(S(=O)(=O)CCOc3ccccc3)CC2)n1. The van der Waals surface area contributed by atoms with E-state index in [1.54, 1.807) is 4.31 Å². The van der Waals surface area contributed by atoms with Crippen molar-refractivity contribution in [2.24, 2.45) is 0 Å². The lowest BCUT2D eigenvalue weighted by molar-refractivity contribution is 0.312. The molecule has 0 saturated carbocycles. The molecule has 4 rings (SSSR count). The number of rotatable bonds is 7. The maximum Gasteiger partial charge on any atom is 0.227 e. The summed E-state index contributed by atoms with van der Waals surface area (Å²) in [6.07, 6.45) is 0. The average molecular weight is 461 g/mol. The van der Waals surface area contributed by atoms with Crippen LogP contribution in [0.15, 0.2) is 36.4 Å². The van der Waals surface area contributed by atoms with Crippen LogP contribution in [0.25, 0.3) is 0 Å². The van der Waals surface area contributed by atoms with Crippen molar-refractivity contribution in [2.75, 3.05) is 81.6 Å². The number of sulfonamides is 1. The van der Waals surface area contributed by atoms with Crippen LogP contribution in [0.5, 0.6) is 5.75 Å². The first-order valence-corrected chi connectivity index (χ1v) is 12.7. The molecule has 0 spiro atoms. The van der Waals surface area contributed by atoms with Crippen LogP contribution in [0.3, 0.4) is 0 Å². The van der Waals surface area contributed by atoms with Crippen molar-refractivity contribution in [1.29, 1.82) is 0 Å². The second-order valence-electron chi connectivity index (χ2n) is 8.32. The van der Waals surface area contributed by atoms with E-state index in [1.165, 1.54) is 0 Å². The number of aromatic nitrogens is 2. The van der Waals surface area contributed by atoms with Gasteiger partial charge < -0.3 is 19.4 Å². The molecule has 2 aromatic rings. The first-order chi connectivity index (χ1) is 15.4. The Hall–Kier alpha value is -2.43. The Balaban J connectivity index is 1.33. The normalized spacial score (nSPS) is 18.7. The van der Waals surface area contributed by atoms with E-state index in [0.29, 0.717) is 37.9 Å². The number of benzene rings is 1. The van der Waals surface area contributed by atoms with Gasteiger partial charge in [0.2, 0.25) is 16.0 Å². The van der Waals surface area contributed by atoms with Gasteiger partial charge in [-0.3, -0.25) is 0 Å². The summed E-state index contributed by atoms with van der Waals surface area (Å²) >= 11 is 0. The lowest BCUT2D eigenvalue weighted by atomic mass is 10.3. The minimum Gasteiger partial charge on any atom is -0.492 e. The molecule has 0 unspecified atom stereocenters. The third-order valence-corrected chi connectivity index (χ3v) is 7.76. The van der Waals surface area contributed by atoms with E-state index >= 15 is 0 Å². The van der Waals surface area contributed by atoms with Gasteiger partial charge in [-0.15, -0.1) is 0 Å². The molecule has 1 aromatic heterocycles. The minimum absolute atomic E-state index is 0.0314. The Kier molecular flexibility index (Phi) is 7.12. The molecule has 0 bridgehead atoms. The molecule has 1 aromatic carbocycles. The average Bonchev–Trinajstić information content (AvgIpc) is 2.80. The van der Waals surface area contributed by atoms with E-state index in [4.69, 9.17) is 9.72 Å². The minimum atomic E-state index is -3.37. The van der Waals surface area contributed by atoms with Crippen LogP contribution in [0.1, 0.15) is 5.69 Å². The first-order valence-electron chi connectivity index (χ1n) is 11.1. The number of para-hydroxylation sites is 1. The van der Waals surface area contributed by atoms with E-state index in [9.17, 15) is 8.42 Å². The first kappa shape index (κ1) is 22.8. The molecule has 10 heteroatoms. The van der Waals surface area contributed by atoms with Crippen molar-refractivity contribution in [2.45, 2.75) is 6.92 Å². The van der Waals surface area contributed by atoms with E-state index in [2.05, 4.69) is 26.7 Å². The van der Waals surface area contributed by atoms with Gasteiger partial charge in [-0.05, 0) is 26.1 Å². The quantitative estimate of drug-likeness (QED) is 0.607.